The predicted molar refractivity (Wildman–Crippen MR) is 80.1 cm³/mol. The molecule has 2 bridgehead atoms. The lowest BCUT2D eigenvalue weighted by Gasteiger charge is -2.30. The van der Waals surface area contributed by atoms with Crippen molar-refractivity contribution in [2.45, 2.75) is 51.2 Å². The smallest absolute Gasteiger partial charge is 0.318 e. The molecule has 0 aliphatic carbocycles. The van der Waals surface area contributed by atoms with E-state index >= 15 is 0 Å². The molecule has 2 heterocycles. The highest BCUT2D eigenvalue weighted by atomic mass is 16.4. The summed E-state index contributed by atoms with van der Waals surface area (Å²) < 4.78 is 0. The summed E-state index contributed by atoms with van der Waals surface area (Å²) in [5.74, 6) is -0.818. The summed E-state index contributed by atoms with van der Waals surface area (Å²) in [5, 5.41) is 12.4. The zero-order chi connectivity index (χ0) is 15.7. The predicted octanol–water partition coefficient (Wildman–Crippen LogP) is 1.22. The minimum Gasteiger partial charge on any atom is -0.481 e. The first-order chi connectivity index (χ1) is 9.81. The first-order valence-electron chi connectivity index (χ1n) is 7.77. The number of carbonyl (C=O) groups excluding carboxylic acids is 1. The van der Waals surface area contributed by atoms with Gasteiger partial charge in [0.15, 0.2) is 0 Å². The number of fused-ring (bicyclic) bond motifs is 2. The summed E-state index contributed by atoms with van der Waals surface area (Å²) in [6.07, 6.45) is 2.35. The number of hydrogen-bond acceptors (Lipinski definition) is 3. The average Bonchev–Trinajstić information content (AvgIpc) is 2.94. The summed E-state index contributed by atoms with van der Waals surface area (Å²) in [7, 11) is 3.98. The highest BCUT2D eigenvalue weighted by Crippen LogP contribution is 2.41. The summed E-state index contributed by atoms with van der Waals surface area (Å²) in [6, 6.07) is -0.0366. The number of carboxylic acids is 1. The van der Waals surface area contributed by atoms with Gasteiger partial charge in [0.25, 0.3) is 0 Å². The van der Waals surface area contributed by atoms with Crippen molar-refractivity contribution in [3.8, 4) is 0 Å². The van der Waals surface area contributed by atoms with Crippen molar-refractivity contribution in [2.75, 3.05) is 20.6 Å². The van der Waals surface area contributed by atoms with Crippen molar-refractivity contribution in [2.24, 2.45) is 11.8 Å². The number of urea groups is 1. The second kappa shape index (κ2) is 6.22. The van der Waals surface area contributed by atoms with Gasteiger partial charge >= 0.3 is 12.0 Å². The van der Waals surface area contributed by atoms with E-state index in [9.17, 15) is 14.7 Å². The van der Waals surface area contributed by atoms with Crippen LogP contribution < -0.4 is 5.32 Å². The molecule has 2 aliphatic heterocycles. The summed E-state index contributed by atoms with van der Waals surface area (Å²) >= 11 is 0. The van der Waals surface area contributed by atoms with E-state index in [0.29, 0.717) is 12.3 Å². The minimum atomic E-state index is -0.770. The number of nitrogens with zero attached hydrogens (tertiary/aromatic N) is 2. The Kier molecular flexibility index (Phi) is 4.76. The fourth-order valence-corrected chi connectivity index (χ4v) is 3.62. The SMILES string of the molecule is CC(C)C(CN(C)C)NC(=O)N1C2CCC1C(C(=O)O)C2. The Morgan fingerprint density at radius 1 is 1.33 bits per heavy atom. The van der Waals surface area contributed by atoms with Crippen molar-refractivity contribution in [1.82, 2.24) is 15.1 Å². The lowest BCUT2D eigenvalue weighted by atomic mass is 9.89. The number of amides is 2. The Morgan fingerprint density at radius 2 is 2.00 bits per heavy atom. The number of carboxylic acid groups (broad SMARTS) is 1. The molecule has 0 aromatic heterocycles. The Balaban J connectivity index is 2.02. The molecule has 0 radical (unpaired) electrons. The Hall–Kier alpha value is -1.30. The van der Waals surface area contributed by atoms with Gasteiger partial charge in [-0.2, -0.15) is 0 Å². The third kappa shape index (κ3) is 3.31. The fraction of sp³-hybridized carbons (Fsp3) is 0.867. The number of nitrogens with one attached hydrogen (secondary N) is 1. The van der Waals surface area contributed by atoms with Gasteiger partial charge in [0.05, 0.1) is 5.92 Å². The van der Waals surface area contributed by atoms with Crippen LogP contribution in [0.2, 0.25) is 0 Å². The second-order valence-corrected chi connectivity index (χ2v) is 6.95. The van der Waals surface area contributed by atoms with Crippen molar-refractivity contribution < 1.29 is 14.7 Å². The van der Waals surface area contributed by atoms with Gasteiger partial charge in [0, 0.05) is 24.7 Å². The van der Waals surface area contributed by atoms with Crippen LogP contribution in [0, 0.1) is 11.8 Å². The quantitative estimate of drug-likeness (QED) is 0.800. The van der Waals surface area contributed by atoms with Crippen molar-refractivity contribution in [1.29, 1.82) is 0 Å². The number of aliphatic carboxylic acids is 1. The lowest BCUT2D eigenvalue weighted by Crippen LogP contribution is -2.52. The van der Waals surface area contributed by atoms with Gasteiger partial charge < -0.3 is 20.2 Å². The highest BCUT2D eigenvalue weighted by molar-refractivity contribution is 5.79. The van der Waals surface area contributed by atoms with Crippen molar-refractivity contribution in [3.05, 3.63) is 0 Å². The molecule has 0 aromatic carbocycles. The summed E-state index contributed by atoms with van der Waals surface area (Å²) in [6.45, 7) is 4.97. The average molecular weight is 297 g/mol. The Bertz CT molecular complexity index is 411. The molecule has 2 amide bonds. The molecule has 2 saturated heterocycles. The summed E-state index contributed by atoms with van der Waals surface area (Å²) in [5.41, 5.74) is 0. The Labute approximate surface area is 126 Å². The largest absolute Gasteiger partial charge is 0.481 e. The summed E-state index contributed by atoms with van der Waals surface area (Å²) in [4.78, 5) is 27.7. The molecular formula is C15H27N3O3. The molecule has 6 heteroatoms. The molecule has 0 aromatic rings. The molecule has 4 atom stereocenters. The third-order valence-corrected chi connectivity index (χ3v) is 4.76. The van der Waals surface area contributed by atoms with Crippen LogP contribution in [-0.4, -0.2) is 65.7 Å². The van der Waals surface area contributed by atoms with E-state index in [0.717, 1.165) is 19.4 Å². The number of rotatable bonds is 5. The van der Waals surface area contributed by atoms with Gasteiger partial charge in [0.1, 0.15) is 0 Å². The molecule has 2 fully saturated rings. The van der Waals surface area contributed by atoms with Crippen molar-refractivity contribution >= 4 is 12.0 Å². The van der Waals surface area contributed by atoms with Crippen LogP contribution in [0.4, 0.5) is 4.79 Å². The van der Waals surface area contributed by atoms with Crippen LogP contribution in [0.25, 0.3) is 0 Å². The van der Waals surface area contributed by atoms with E-state index < -0.39 is 5.97 Å². The maximum absolute atomic E-state index is 12.6. The Morgan fingerprint density at radius 3 is 2.48 bits per heavy atom. The first kappa shape index (κ1) is 16.1. The maximum atomic E-state index is 12.6. The molecule has 2 N–H and O–H groups in total. The molecule has 120 valence electrons. The van der Waals surface area contributed by atoms with Gasteiger partial charge in [-0.3, -0.25) is 4.79 Å². The maximum Gasteiger partial charge on any atom is 0.318 e. The number of hydrogen-bond donors (Lipinski definition) is 2. The molecule has 6 nitrogen and oxygen atoms in total. The van der Waals surface area contributed by atoms with Gasteiger partial charge in [-0.05, 0) is 39.3 Å². The minimum absolute atomic E-state index is 0.0794. The number of likely N-dealkylation sites (N-methyl/N-ethyl adjacent to an activating group) is 1. The normalized spacial score (nSPS) is 29.2. The van der Waals surface area contributed by atoms with E-state index in [1.54, 1.807) is 4.90 Å². The van der Waals surface area contributed by atoms with Crippen LogP contribution in [0.5, 0.6) is 0 Å². The van der Waals surface area contributed by atoms with Crippen LogP contribution in [-0.2, 0) is 4.79 Å². The number of carbonyl (C=O) groups is 2. The molecule has 0 spiro atoms. The topological polar surface area (TPSA) is 72.9 Å². The molecule has 4 unspecified atom stereocenters. The van der Waals surface area contributed by atoms with Crippen LogP contribution in [0.1, 0.15) is 33.1 Å². The van der Waals surface area contributed by atoms with Crippen molar-refractivity contribution in [3.63, 3.8) is 0 Å². The fourth-order valence-electron chi connectivity index (χ4n) is 3.62. The van der Waals surface area contributed by atoms with Crippen LogP contribution in [0.3, 0.4) is 0 Å². The zero-order valence-electron chi connectivity index (χ0n) is 13.4. The van der Waals surface area contributed by atoms with Gasteiger partial charge in [-0.15, -0.1) is 0 Å². The highest BCUT2D eigenvalue weighted by Gasteiger charge is 2.51. The van der Waals surface area contributed by atoms with Crippen LogP contribution >= 0.6 is 0 Å². The van der Waals surface area contributed by atoms with E-state index in [-0.39, 0.29) is 30.1 Å². The van der Waals surface area contributed by atoms with Gasteiger partial charge in [-0.25, -0.2) is 4.79 Å². The van der Waals surface area contributed by atoms with Gasteiger partial charge in [-0.1, -0.05) is 13.8 Å². The monoisotopic (exact) mass is 297 g/mol. The van der Waals surface area contributed by atoms with E-state index in [1.165, 1.54) is 0 Å². The zero-order valence-corrected chi connectivity index (χ0v) is 13.4. The molecular weight excluding hydrogens is 270 g/mol. The van der Waals surface area contributed by atoms with Crippen LogP contribution in [0.15, 0.2) is 0 Å². The lowest BCUT2D eigenvalue weighted by molar-refractivity contribution is -0.142. The molecule has 21 heavy (non-hydrogen) atoms. The second-order valence-electron chi connectivity index (χ2n) is 6.95. The standard InChI is InChI=1S/C15H27N3O3/c1-9(2)12(8-17(3)4)16-15(21)18-10-5-6-13(18)11(7-10)14(19)20/h9-13H,5-8H2,1-4H3,(H,16,21)(H,19,20). The first-order valence-corrected chi connectivity index (χ1v) is 7.77. The van der Waals surface area contributed by atoms with E-state index in [2.05, 4.69) is 24.1 Å². The molecule has 2 aliphatic rings. The van der Waals surface area contributed by atoms with E-state index in [4.69, 9.17) is 0 Å². The van der Waals surface area contributed by atoms with E-state index in [1.807, 2.05) is 14.1 Å². The third-order valence-electron chi connectivity index (χ3n) is 4.76. The van der Waals surface area contributed by atoms with Gasteiger partial charge in [0.2, 0.25) is 0 Å². The molecule has 0 saturated carbocycles. The molecule has 2 rings (SSSR count).